The zero-order valence-corrected chi connectivity index (χ0v) is 11.5. The van der Waals surface area contributed by atoms with Gasteiger partial charge in [-0.15, -0.1) is 0 Å². The Morgan fingerprint density at radius 2 is 2.05 bits per heavy atom. The van der Waals surface area contributed by atoms with E-state index in [0.717, 1.165) is 24.8 Å². The lowest BCUT2D eigenvalue weighted by atomic mass is 9.79. The first kappa shape index (κ1) is 13.6. The molecule has 2 fully saturated rings. The van der Waals surface area contributed by atoms with Gasteiger partial charge in [0.2, 0.25) is 0 Å². The Balaban J connectivity index is 1.59. The van der Waals surface area contributed by atoms with Gasteiger partial charge in [-0.2, -0.15) is 0 Å². The lowest BCUT2D eigenvalue weighted by Gasteiger charge is -2.45. The number of cyclic esters (lactones) is 1. The molecular formula is C16H20O4. The fourth-order valence-corrected chi connectivity index (χ4v) is 3.33. The lowest BCUT2D eigenvalue weighted by molar-refractivity contribution is -0.222. The third-order valence-corrected chi connectivity index (χ3v) is 4.37. The zero-order chi connectivity index (χ0) is 14.0. The Labute approximate surface area is 118 Å². The summed E-state index contributed by atoms with van der Waals surface area (Å²) in [7, 11) is 0. The molecule has 0 spiro atoms. The summed E-state index contributed by atoms with van der Waals surface area (Å²) in [5, 5.41) is 10.0. The second-order valence-corrected chi connectivity index (χ2v) is 5.80. The molecule has 1 aliphatic heterocycles. The quantitative estimate of drug-likeness (QED) is 0.836. The molecule has 1 saturated carbocycles. The molecule has 2 aliphatic rings. The van der Waals surface area contributed by atoms with Crippen molar-refractivity contribution in [2.24, 2.45) is 5.92 Å². The number of ether oxygens (including phenoxy) is 2. The first-order chi connectivity index (χ1) is 9.70. The molecule has 4 heteroatoms. The second-order valence-electron chi connectivity index (χ2n) is 5.80. The van der Waals surface area contributed by atoms with Crippen LogP contribution < -0.4 is 0 Å². The van der Waals surface area contributed by atoms with E-state index in [1.165, 1.54) is 0 Å². The van der Waals surface area contributed by atoms with Gasteiger partial charge in [-0.3, -0.25) is 4.79 Å². The fraction of sp³-hybridized carbons (Fsp3) is 0.562. The van der Waals surface area contributed by atoms with Gasteiger partial charge in [-0.1, -0.05) is 36.8 Å². The molecule has 0 radical (unpaired) electrons. The van der Waals surface area contributed by atoms with Crippen LogP contribution in [0.4, 0.5) is 0 Å². The SMILES string of the molecule is O=C1CC(COCc2ccccc2)([C@@H]2CCC[C@H]2O)O1. The van der Waals surface area contributed by atoms with E-state index in [1.54, 1.807) is 0 Å². The van der Waals surface area contributed by atoms with E-state index in [-0.39, 0.29) is 18.0 Å². The maximum atomic E-state index is 11.3. The highest BCUT2D eigenvalue weighted by Gasteiger charge is 2.55. The molecule has 0 amide bonds. The van der Waals surface area contributed by atoms with Crippen LogP contribution in [0, 0.1) is 5.92 Å². The van der Waals surface area contributed by atoms with Crippen molar-refractivity contribution in [1.82, 2.24) is 0 Å². The number of aliphatic hydroxyl groups excluding tert-OH is 1. The normalized spacial score (nSPS) is 32.8. The van der Waals surface area contributed by atoms with Gasteiger partial charge in [0.05, 0.1) is 25.7 Å². The first-order valence-electron chi connectivity index (χ1n) is 7.21. The number of hydrogen-bond acceptors (Lipinski definition) is 4. The minimum absolute atomic E-state index is 0.0240. The van der Waals surface area contributed by atoms with E-state index in [0.29, 0.717) is 19.6 Å². The maximum Gasteiger partial charge on any atom is 0.310 e. The monoisotopic (exact) mass is 276 g/mol. The average Bonchev–Trinajstić information content (AvgIpc) is 2.84. The van der Waals surface area contributed by atoms with E-state index >= 15 is 0 Å². The van der Waals surface area contributed by atoms with Crippen molar-refractivity contribution in [2.75, 3.05) is 6.61 Å². The summed E-state index contributed by atoms with van der Waals surface area (Å²) in [5.41, 5.74) is 0.502. The molecule has 0 aromatic heterocycles. The standard InChI is InChI=1S/C16H20O4/c17-14-8-4-7-13(14)16(9-15(18)20-16)11-19-10-12-5-2-1-3-6-12/h1-3,5-6,13-14,17H,4,7-11H2/t13-,14-,16?/m1/s1. The van der Waals surface area contributed by atoms with Crippen LogP contribution in [0.15, 0.2) is 30.3 Å². The summed E-state index contributed by atoms with van der Waals surface area (Å²) < 4.78 is 11.1. The second kappa shape index (κ2) is 5.54. The molecule has 108 valence electrons. The predicted molar refractivity (Wildman–Crippen MR) is 72.9 cm³/mol. The van der Waals surface area contributed by atoms with Crippen molar-refractivity contribution < 1.29 is 19.4 Å². The number of carbonyl (C=O) groups is 1. The number of aliphatic hydroxyl groups is 1. The molecule has 1 heterocycles. The molecule has 1 aliphatic carbocycles. The van der Waals surface area contributed by atoms with Crippen molar-refractivity contribution in [1.29, 1.82) is 0 Å². The number of carbonyl (C=O) groups excluding carboxylic acids is 1. The molecular weight excluding hydrogens is 256 g/mol. The third-order valence-electron chi connectivity index (χ3n) is 4.37. The molecule has 1 aromatic rings. The van der Waals surface area contributed by atoms with Crippen molar-refractivity contribution >= 4 is 5.97 Å². The third kappa shape index (κ3) is 2.58. The molecule has 3 atom stereocenters. The van der Waals surface area contributed by atoms with Crippen LogP contribution in [0.5, 0.6) is 0 Å². The summed E-state index contributed by atoms with van der Waals surface area (Å²) >= 11 is 0. The smallest absolute Gasteiger partial charge is 0.310 e. The minimum atomic E-state index is -0.595. The highest BCUT2D eigenvalue weighted by Crippen LogP contribution is 2.44. The van der Waals surface area contributed by atoms with Gasteiger partial charge in [0.1, 0.15) is 0 Å². The van der Waals surface area contributed by atoms with Crippen molar-refractivity contribution in [2.45, 2.75) is 44.0 Å². The lowest BCUT2D eigenvalue weighted by Crippen LogP contribution is -2.58. The number of benzene rings is 1. The van der Waals surface area contributed by atoms with Crippen LogP contribution in [0.2, 0.25) is 0 Å². The summed E-state index contributed by atoms with van der Waals surface area (Å²) in [6.07, 6.45) is 2.68. The highest BCUT2D eigenvalue weighted by molar-refractivity contribution is 5.77. The molecule has 20 heavy (non-hydrogen) atoms. The number of rotatable bonds is 5. The first-order valence-corrected chi connectivity index (χ1v) is 7.21. The largest absolute Gasteiger partial charge is 0.455 e. The van der Waals surface area contributed by atoms with Crippen LogP contribution in [-0.2, 0) is 20.9 Å². The minimum Gasteiger partial charge on any atom is -0.455 e. The molecule has 1 aromatic carbocycles. The molecule has 0 bridgehead atoms. The van der Waals surface area contributed by atoms with E-state index in [2.05, 4.69) is 0 Å². The Morgan fingerprint density at radius 3 is 2.65 bits per heavy atom. The van der Waals surface area contributed by atoms with Gasteiger partial charge in [0.15, 0.2) is 5.60 Å². The number of esters is 1. The van der Waals surface area contributed by atoms with E-state index in [4.69, 9.17) is 9.47 Å². The van der Waals surface area contributed by atoms with Crippen molar-refractivity contribution in [3.8, 4) is 0 Å². The zero-order valence-electron chi connectivity index (χ0n) is 11.5. The Kier molecular flexibility index (Phi) is 3.76. The van der Waals surface area contributed by atoms with Crippen LogP contribution >= 0.6 is 0 Å². The Bertz CT molecular complexity index is 463. The number of hydrogen-bond donors (Lipinski definition) is 1. The summed E-state index contributed by atoms with van der Waals surface area (Å²) in [5.74, 6) is -0.164. The van der Waals surface area contributed by atoms with E-state index < -0.39 is 5.60 Å². The molecule has 1 saturated heterocycles. The topological polar surface area (TPSA) is 55.8 Å². The summed E-state index contributed by atoms with van der Waals surface area (Å²) in [6.45, 7) is 0.873. The van der Waals surface area contributed by atoms with E-state index in [1.807, 2.05) is 30.3 Å². The highest BCUT2D eigenvalue weighted by atomic mass is 16.6. The summed E-state index contributed by atoms with van der Waals surface area (Å²) in [6, 6.07) is 9.92. The summed E-state index contributed by atoms with van der Waals surface area (Å²) in [4.78, 5) is 11.3. The van der Waals surface area contributed by atoms with Gasteiger partial charge in [0.25, 0.3) is 0 Å². The molecule has 1 unspecified atom stereocenters. The van der Waals surface area contributed by atoms with Gasteiger partial charge in [-0.25, -0.2) is 0 Å². The van der Waals surface area contributed by atoms with Crippen LogP contribution in [0.25, 0.3) is 0 Å². The molecule has 1 N–H and O–H groups in total. The predicted octanol–water partition coefficient (Wildman–Crippen LogP) is 2.05. The van der Waals surface area contributed by atoms with Gasteiger partial charge >= 0.3 is 5.97 Å². The van der Waals surface area contributed by atoms with Crippen LogP contribution in [-0.4, -0.2) is 29.4 Å². The Hall–Kier alpha value is -1.39. The molecule has 4 nitrogen and oxygen atoms in total. The van der Waals surface area contributed by atoms with E-state index in [9.17, 15) is 9.90 Å². The van der Waals surface area contributed by atoms with Crippen LogP contribution in [0.3, 0.4) is 0 Å². The average molecular weight is 276 g/mol. The van der Waals surface area contributed by atoms with Crippen molar-refractivity contribution in [3.05, 3.63) is 35.9 Å². The van der Waals surface area contributed by atoms with Crippen LogP contribution in [0.1, 0.15) is 31.2 Å². The molecule has 3 rings (SSSR count). The Morgan fingerprint density at radius 1 is 1.30 bits per heavy atom. The fourth-order valence-electron chi connectivity index (χ4n) is 3.33. The van der Waals surface area contributed by atoms with Crippen molar-refractivity contribution in [3.63, 3.8) is 0 Å². The van der Waals surface area contributed by atoms with Gasteiger partial charge in [-0.05, 0) is 18.4 Å². The van der Waals surface area contributed by atoms with Gasteiger partial charge in [0, 0.05) is 5.92 Å². The van der Waals surface area contributed by atoms with Gasteiger partial charge < -0.3 is 14.6 Å². The maximum absolute atomic E-state index is 11.3.